The van der Waals surface area contributed by atoms with Crippen molar-refractivity contribution >= 4 is 5.82 Å². The monoisotopic (exact) mass is 404 g/mol. The molecule has 1 unspecified atom stereocenters. The first kappa shape index (κ1) is 19.4. The molecule has 3 aromatic rings. The van der Waals surface area contributed by atoms with Gasteiger partial charge in [-0.15, -0.1) is 0 Å². The molecule has 29 heavy (non-hydrogen) atoms. The Morgan fingerprint density at radius 2 is 2.03 bits per heavy atom. The van der Waals surface area contributed by atoms with Crippen LogP contribution >= 0.6 is 0 Å². The molecular weight excluding hydrogens is 385 g/mol. The van der Waals surface area contributed by atoms with Crippen molar-refractivity contribution in [2.75, 3.05) is 24.6 Å². The Labute approximate surface area is 165 Å². The molecular formula is C20H19F3N4O2. The maximum atomic E-state index is 12.9. The van der Waals surface area contributed by atoms with E-state index in [4.69, 9.17) is 4.52 Å². The lowest BCUT2D eigenvalue weighted by Gasteiger charge is -2.32. The van der Waals surface area contributed by atoms with Crippen LogP contribution in [0.4, 0.5) is 19.0 Å². The van der Waals surface area contributed by atoms with Gasteiger partial charge < -0.3 is 14.5 Å². The van der Waals surface area contributed by atoms with Crippen molar-refractivity contribution < 1.29 is 22.8 Å². The molecule has 6 nitrogen and oxygen atoms in total. The summed E-state index contributed by atoms with van der Waals surface area (Å²) in [5, 5.41) is 13.2. The predicted octanol–water partition coefficient (Wildman–Crippen LogP) is 4.03. The van der Waals surface area contributed by atoms with Gasteiger partial charge in [0, 0.05) is 31.5 Å². The summed E-state index contributed by atoms with van der Waals surface area (Å²) in [7, 11) is 0. The van der Waals surface area contributed by atoms with Crippen LogP contribution in [0.5, 0.6) is 0 Å². The highest BCUT2D eigenvalue weighted by Gasteiger charge is 2.30. The maximum Gasteiger partial charge on any atom is 0.416 e. The number of benzene rings is 1. The third kappa shape index (κ3) is 4.24. The van der Waals surface area contributed by atoms with Gasteiger partial charge in [-0.25, -0.2) is 4.98 Å². The molecule has 0 aliphatic carbocycles. The SMILES string of the molecule is OCC1CCCN(c2ccc(-c3nc(-c4cccc(C(F)(F)F)c4)no3)cn2)C1. The average Bonchev–Trinajstić information content (AvgIpc) is 3.24. The van der Waals surface area contributed by atoms with Gasteiger partial charge in [-0.3, -0.25) is 0 Å². The van der Waals surface area contributed by atoms with Crippen molar-refractivity contribution in [2.45, 2.75) is 19.0 Å². The lowest BCUT2D eigenvalue weighted by molar-refractivity contribution is -0.137. The molecule has 1 atom stereocenters. The topological polar surface area (TPSA) is 75.3 Å². The average molecular weight is 404 g/mol. The minimum atomic E-state index is -4.44. The molecule has 152 valence electrons. The summed E-state index contributed by atoms with van der Waals surface area (Å²) in [4.78, 5) is 10.8. The molecule has 9 heteroatoms. The first-order chi connectivity index (χ1) is 13.9. The number of aliphatic hydroxyl groups excluding tert-OH is 1. The first-order valence-electron chi connectivity index (χ1n) is 9.27. The third-order valence-electron chi connectivity index (χ3n) is 4.97. The van der Waals surface area contributed by atoms with Gasteiger partial charge in [0.1, 0.15) is 5.82 Å². The number of rotatable bonds is 4. The lowest BCUT2D eigenvalue weighted by Crippen LogP contribution is -2.37. The second-order valence-corrected chi connectivity index (χ2v) is 7.04. The molecule has 0 spiro atoms. The quantitative estimate of drug-likeness (QED) is 0.708. The van der Waals surface area contributed by atoms with Crippen molar-refractivity contribution in [3.8, 4) is 22.8 Å². The fourth-order valence-electron chi connectivity index (χ4n) is 3.41. The van der Waals surface area contributed by atoms with E-state index in [0.29, 0.717) is 5.56 Å². The van der Waals surface area contributed by atoms with Crippen molar-refractivity contribution in [3.63, 3.8) is 0 Å². The smallest absolute Gasteiger partial charge is 0.396 e. The fourth-order valence-corrected chi connectivity index (χ4v) is 3.41. The van der Waals surface area contributed by atoms with Crippen molar-refractivity contribution in [1.82, 2.24) is 15.1 Å². The number of piperidine rings is 1. The minimum absolute atomic E-state index is 0.0806. The third-order valence-corrected chi connectivity index (χ3v) is 4.97. The van der Waals surface area contributed by atoms with Gasteiger partial charge in [-0.2, -0.15) is 18.2 Å². The summed E-state index contributed by atoms with van der Waals surface area (Å²) in [6.45, 7) is 1.79. The van der Waals surface area contributed by atoms with Gasteiger partial charge in [0.15, 0.2) is 0 Å². The molecule has 1 saturated heterocycles. The van der Waals surface area contributed by atoms with Crippen LogP contribution < -0.4 is 4.90 Å². The minimum Gasteiger partial charge on any atom is -0.396 e. The van der Waals surface area contributed by atoms with Crippen LogP contribution in [-0.2, 0) is 6.18 Å². The molecule has 0 saturated carbocycles. The zero-order chi connectivity index (χ0) is 20.4. The Morgan fingerprint density at radius 1 is 1.17 bits per heavy atom. The Kier molecular flexibility index (Phi) is 5.23. The molecule has 1 fully saturated rings. The Bertz CT molecular complexity index is 972. The number of hydrogen-bond acceptors (Lipinski definition) is 6. The van der Waals surface area contributed by atoms with E-state index >= 15 is 0 Å². The van der Waals surface area contributed by atoms with E-state index < -0.39 is 11.7 Å². The fraction of sp³-hybridized carbons (Fsp3) is 0.350. The number of halogens is 3. The number of aromatic nitrogens is 3. The lowest BCUT2D eigenvalue weighted by atomic mass is 9.99. The standard InChI is InChI=1S/C20H19F3N4O2/c21-20(22,23)16-5-1-4-14(9-16)18-25-19(29-26-18)15-6-7-17(24-10-15)27-8-2-3-13(11-27)12-28/h1,4-7,9-10,13,28H,2-3,8,11-12H2. The van der Waals surface area contributed by atoms with Gasteiger partial charge in [-0.05, 0) is 43.0 Å². The second-order valence-electron chi connectivity index (χ2n) is 7.04. The Balaban J connectivity index is 1.53. The highest BCUT2D eigenvalue weighted by Crippen LogP contribution is 2.32. The summed E-state index contributed by atoms with van der Waals surface area (Å²) < 4.78 is 43.9. The summed E-state index contributed by atoms with van der Waals surface area (Å²) in [5.41, 5.74) is 0.0352. The van der Waals surface area contributed by atoms with E-state index in [1.165, 1.54) is 12.1 Å². The normalized spacial score (nSPS) is 17.5. The van der Waals surface area contributed by atoms with E-state index in [0.717, 1.165) is 43.9 Å². The van der Waals surface area contributed by atoms with E-state index in [1.54, 1.807) is 12.3 Å². The van der Waals surface area contributed by atoms with Crippen LogP contribution in [0.3, 0.4) is 0 Å². The molecule has 4 rings (SSSR count). The van der Waals surface area contributed by atoms with Crippen molar-refractivity contribution in [1.29, 1.82) is 0 Å². The van der Waals surface area contributed by atoms with Crippen LogP contribution in [0.1, 0.15) is 18.4 Å². The number of alkyl halides is 3. The van der Waals surface area contributed by atoms with Crippen LogP contribution in [0, 0.1) is 5.92 Å². The summed E-state index contributed by atoms with van der Waals surface area (Å²) in [6.07, 6.45) is -0.836. The summed E-state index contributed by atoms with van der Waals surface area (Å²) >= 11 is 0. The summed E-state index contributed by atoms with van der Waals surface area (Å²) in [5.74, 6) is 1.31. The van der Waals surface area contributed by atoms with Gasteiger partial charge in [0.25, 0.3) is 5.89 Å². The van der Waals surface area contributed by atoms with Crippen molar-refractivity contribution in [3.05, 3.63) is 48.2 Å². The molecule has 3 heterocycles. The molecule has 1 aromatic carbocycles. The molecule has 0 bridgehead atoms. The van der Waals surface area contributed by atoms with Crippen LogP contribution in [0.25, 0.3) is 22.8 Å². The van der Waals surface area contributed by atoms with E-state index in [9.17, 15) is 18.3 Å². The van der Waals surface area contributed by atoms with Gasteiger partial charge in [-0.1, -0.05) is 17.3 Å². The molecule has 1 aliphatic heterocycles. The van der Waals surface area contributed by atoms with Crippen LogP contribution in [0.15, 0.2) is 47.1 Å². The van der Waals surface area contributed by atoms with Gasteiger partial charge >= 0.3 is 6.18 Å². The zero-order valence-corrected chi connectivity index (χ0v) is 15.4. The highest BCUT2D eigenvalue weighted by molar-refractivity contribution is 5.61. The van der Waals surface area contributed by atoms with E-state index in [-0.39, 0.29) is 29.8 Å². The second kappa shape index (κ2) is 7.82. The Morgan fingerprint density at radius 3 is 2.76 bits per heavy atom. The number of nitrogens with zero attached hydrogens (tertiary/aromatic N) is 4. The summed E-state index contributed by atoms with van der Waals surface area (Å²) in [6, 6.07) is 8.42. The van der Waals surface area contributed by atoms with Gasteiger partial charge in [0.2, 0.25) is 5.82 Å². The van der Waals surface area contributed by atoms with Crippen LogP contribution in [0.2, 0.25) is 0 Å². The molecule has 2 aromatic heterocycles. The number of hydrogen-bond donors (Lipinski definition) is 1. The predicted molar refractivity (Wildman–Crippen MR) is 100.0 cm³/mol. The van der Waals surface area contributed by atoms with E-state index in [2.05, 4.69) is 20.0 Å². The van der Waals surface area contributed by atoms with Crippen molar-refractivity contribution in [2.24, 2.45) is 5.92 Å². The largest absolute Gasteiger partial charge is 0.416 e. The molecule has 1 aliphatic rings. The van der Waals surface area contributed by atoms with Crippen LogP contribution in [-0.4, -0.2) is 39.9 Å². The van der Waals surface area contributed by atoms with E-state index in [1.807, 2.05) is 6.07 Å². The highest BCUT2D eigenvalue weighted by atomic mass is 19.4. The number of anilines is 1. The number of pyridine rings is 1. The molecule has 1 N–H and O–H groups in total. The Hall–Kier alpha value is -2.94. The van der Waals surface area contributed by atoms with Gasteiger partial charge in [0.05, 0.1) is 11.1 Å². The zero-order valence-electron chi connectivity index (χ0n) is 15.4. The first-order valence-corrected chi connectivity index (χ1v) is 9.27. The molecule has 0 amide bonds. The molecule has 0 radical (unpaired) electrons. The maximum absolute atomic E-state index is 12.9. The number of aliphatic hydroxyl groups is 1.